The number of amides is 1. The molecule has 2 aromatic carbocycles. The van der Waals surface area contributed by atoms with E-state index in [9.17, 15) is 13.2 Å². The van der Waals surface area contributed by atoms with E-state index in [1.165, 1.54) is 11.6 Å². The van der Waals surface area contributed by atoms with Crippen molar-refractivity contribution in [2.75, 3.05) is 10.0 Å². The van der Waals surface area contributed by atoms with Crippen molar-refractivity contribution in [3.8, 4) is 0 Å². The van der Waals surface area contributed by atoms with Gasteiger partial charge in [0.15, 0.2) is 0 Å². The van der Waals surface area contributed by atoms with E-state index >= 15 is 0 Å². The van der Waals surface area contributed by atoms with Gasteiger partial charge in [-0.2, -0.15) is 0 Å². The Labute approximate surface area is 142 Å². The van der Waals surface area contributed by atoms with E-state index in [4.69, 9.17) is 0 Å². The van der Waals surface area contributed by atoms with Crippen LogP contribution in [0.15, 0.2) is 47.4 Å². The highest BCUT2D eigenvalue weighted by Crippen LogP contribution is 2.27. The van der Waals surface area contributed by atoms with Gasteiger partial charge in [-0.25, -0.2) is 8.42 Å². The lowest BCUT2D eigenvalue weighted by Gasteiger charge is -2.10. The van der Waals surface area contributed by atoms with E-state index in [0.717, 1.165) is 6.42 Å². The number of rotatable bonds is 5. The van der Waals surface area contributed by atoms with Gasteiger partial charge in [-0.1, -0.05) is 26.0 Å². The molecule has 0 bridgehead atoms. The molecule has 6 heteroatoms. The molecule has 5 nitrogen and oxygen atoms in total. The fourth-order valence-electron chi connectivity index (χ4n) is 2.77. The molecule has 0 saturated carbocycles. The Morgan fingerprint density at radius 1 is 1.12 bits per heavy atom. The molecule has 2 aromatic rings. The predicted octanol–water partition coefficient (Wildman–Crippen LogP) is 3.18. The van der Waals surface area contributed by atoms with Gasteiger partial charge in [0.05, 0.1) is 11.3 Å². The van der Waals surface area contributed by atoms with E-state index in [1.807, 2.05) is 12.1 Å². The minimum Gasteiger partial charge on any atom is -0.326 e. The zero-order valence-corrected chi connectivity index (χ0v) is 14.5. The summed E-state index contributed by atoms with van der Waals surface area (Å²) in [5.41, 5.74) is 3.08. The number of nitrogens with one attached hydrogen (secondary N) is 2. The molecule has 1 aliphatic heterocycles. The first-order chi connectivity index (χ1) is 11.3. The summed E-state index contributed by atoms with van der Waals surface area (Å²) in [5, 5.41) is 2.69. The van der Waals surface area contributed by atoms with Crippen LogP contribution in [0.25, 0.3) is 0 Å². The number of sulfonamides is 1. The Morgan fingerprint density at radius 3 is 2.50 bits per heavy atom. The number of hydrogen-bond acceptors (Lipinski definition) is 3. The third-order valence-electron chi connectivity index (χ3n) is 3.86. The highest BCUT2D eigenvalue weighted by molar-refractivity contribution is 7.92. The number of carbonyl (C=O) groups excluding carboxylic acids is 1. The first-order valence-corrected chi connectivity index (χ1v) is 9.36. The smallest absolute Gasteiger partial charge is 0.261 e. The van der Waals surface area contributed by atoms with E-state index in [2.05, 4.69) is 23.9 Å². The zero-order valence-electron chi connectivity index (χ0n) is 13.7. The second-order valence-corrected chi connectivity index (χ2v) is 8.13. The third-order valence-corrected chi connectivity index (χ3v) is 5.24. The van der Waals surface area contributed by atoms with Crippen molar-refractivity contribution in [1.82, 2.24) is 0 Å². The van der Waals surface area contributed by atoms with E-state index in [-0.39, 0.29) is 17.2 Å². The number of benzene rings is 2. The molecule has 0 saturated heterocycles. The molecule has 2 N–H and O–H groups in total. The standard InChI is InChI=1S/C18H20N2O3S/c1-12(2)9-13-3-5-15(6-4-13)20-24(22,23)16-7-8-17-14(10-16)11-18(21)19-17/h3-8,10,12,20H,9,11H2,1-2H3,(H,19,21). The van der Waals surface area contributed by atoms with E-state index in [0.29, 0.717) is 22.9 Å². The molecule has 1 heterocycles. The van der Waals surface area contributed by atoms with E-state index in [1.54, 1.807) is 24.3 Å². The summed E-state index contributed by atoms with van der Waals surface area (Å²) in [6, 6.07) is 12.1. The number of hydrogen-bond donors (Lipinski definition) is 2. The van der Waals surface area contributed by atoms with Crippen LogP contribution in [0.3, 0.4) is 0 Å². The van der Waals surface area contributed by atoms with Crippen LogP contribution in [0.5, 0.6) is 0 Å². The summed E-state index contributed by atoms with van der Waals surface area (Å²) in [6.07, 6.45) is 1.17. The van der Waals surface area contributed by atoms with Crippen LogP contribution in [0, 0.1) is 5.92 Å². The maximum Gasteiger partial charge on any atom is 0.261 e. The Balaban J connectivity index is 1.79. The fraction of sp³-hybridized carbons (Fsp3) is 0.278. The summed E-state index contributed by atoms with van der Waals surface area (Å²) >= 11 is 0. The molecule has 0 spiro atoms. The van der Waals surface area contributed by atoms with Gasteiger partial charge in [0.1, 0.15) is 0 Å². The molecule has 0 atom stereocenters. The lowest BCUT2D eigenvalue weighted by molar-refractivity contribution is -0.115. The Bertz CT molecular complexity index is 872. The van der Waals surface area contributed by atoms with Gasteiger partial charge in [-0.3, -0.25) is 9.52 Å². The van der Waals surface area contributed by atoms with Gasteiger partial charge >= 0.3 is 0 Å². The summed E-state index contributed by atoms with van der Waals surface area (Å²) in [6.45, 7) is 4.29. The van der Waals surface area contributed by atoms with Crippen molar-refractivity contribution < 1.29 is 13.2 Å². The number of fused-ring (bicyclic) bond motifs is 1. The number of carbonyl (C=O) groups is 1. The average Bonchev–Trinajstić information content (AvgIpc) is 2.87. The van der Waals surface area contributed by atoms with Crippen molar-refractivity contribution in [3.05, 3.63) is 53.6 Å². The third kappa shape index (κ3) is 3.59. The summed E-state index contributed by atoms with van der Waals surface area (Å²) < 4.78 is 27.6. The molecule has 0 aliphatic carbocycles. The van der Waals surface area contributed by atoms with Gasteiger partial charge in [0.2, 0.25) is 5.91 Å². The van der Waals surface area contributed by atoms with Crippen LogP contribution in [-0.4, -0.2) is 14.3 Å². The molecule has 126 valence electrons. The van der Waals surface area contributed by atoms with Crippen molar-refractivity contribution in [2.45, 2.75) is 31.6 Å². The monoisotopic (exact) mass is 344 g/mol. The van der Waals surface area contributed by atoms with E-state index < -0.39 is 10.0 Å². The van der Waals surface area contributed by atoms with Crippen molar-refractivity contribution in [2.24, 2.45) is 5.92 Å². The largest absolute Gasteiger partial charge is 0.326 e. The van der Waals surface area contributed by atoms with Crippen molar-refractivity contribution >= 4 is 27.3 Å². The van der Waals surface area contributed by atoms with Crippen molar-refractivity contribution in [1.29, 1.82) is 0 Å². The molecule has 1 amide bonds. The minimum atomic E-state index is -3.68. The maximum absolute atomic E-state index is 12.5. The number of anilines is 2. The molecular weight excluding hydrogens is 324 g/mol. The van der Waals surface area contributed by atoms with Crippen molar-refractivity contribution in [3.63, 3.8) is 0 Å². The second-order valence-electron chi connectivity index (χ2n) is 6.44. The Kier molecular flexibility index (Phi) is 4.32. The molecule has 24 heavy (non-hydrogen) atoms. The second kappa shape index (κ2) is 6.28. The zero-order chi connectivity index (χ0) is 17.3. The van der Waals surface area contributed by atoms with Crippen LogP contribution < -0.4 is 10.0 Å². The fourth-order valence-corrected chi connectivity index (χ4v) is 3.88. The van der Waals surface area contributed by atoms with Crippen LogP contribution in [0.2, 0.25) is 0 Å². The SMILES string of the molecule is CC(C)Cc1ccc(NS(=O)(=O)c2ccc3c(c2)CC(=O)N3)cc1. The Hall–Kier alpha value is -2.34. The molecule has 0 radical (unpaired) electrons. The maximum atomic E-state index is 12.5. The molecule has 0 unspecified atom stereocenters. The molecule has 1 aliphatic rings. The van der Waals surface area contributed by atoms with Crippen LogP contribution in [0.1, 0.15) is 25.0 Å². The predicted molar refractivity (Wildman–Crippen MR) is 94.6 cm³/mol. The first-order valence-electron chi connectivity index (χ1n) is 7.88. The topological polar surface area (TPSA) is 75.3 Å². The quantitative estimate of drug-likeness (QED) is 0.875. The highest BCUT2D eigenvalue weighted by atomic mass is 32.2. The van der Waals surface area contributed by atoms with Gasteiger partial charge < -0.3 is 5.32 Å². The minimum absolute atomic E-state index is 0.117. The van der Waals surface area contributed by atoms with Crippen LogP contribution >= 0.6 is 0 Å². The first kappa shape index (κ1) is 16.5. The van der Waals surface area contributed by atoms with Gasteiger partial charge in [-0.15, -0.1) is 0 Å². The van der Waals surface area contributed by atoms with Gasteiger partial charge in [-0.05, 0) is 53.8 Å². The highest BCUT2D eigenvalue weighted by Gasteiger charge is 2.21. The molecule has 3 rings (SSSR count). The molecule has 0 aromatic heterocycles. The van der Waals surface area contributed by atoms with Crippen LogP contribution in [-0.2, 0) is 27.7 Å². The normalized spacial score (nSPS) is 13.7. The Morgan fingerprint density at radius 2 is 1.83 bits per heavy atom. The van der Waals surface area contributed by atoms with Gasteiger partial charge in [0, 0.05) is 11.4 Å². The lowest BCUT2D eigenvalue weighted by Crippen LogP contribution is -2.13. The summed E-state index contributed by atoms with van der Waals surface area (Å²) in [7, 11) is -3.68. The van der Waals surface area contributed by atoms with Crippen LogP contribution in [0.4, 0.5) is 11.4 Å². The average molecular weight is 344 g/mol. The molecule has 0 fully saturated rings. The van der Waals surface area contributed by atoms with Gasteiger partial charge in [0.25, 0.3) is 10.0 Å². The lowest BCUT2D eigenvalue weighted by atomic mass is 10.0. The summed E-state index contributed by atoms with van der Waals surface area (Å²) in [5.74, 6) is 0.434. The summed E-state index contributed by atoms with van der Waals surface area (Å²) in [4.78, 5) is 11.5. The molecular formula is C18H20N2O3S.